The van der Waals surface area contributed by atoms with E-state index in [1.807, 2.05) is 18.2 Å². The van der Waals surface area contributed by atoms with Gasteiger partial charge in [0.25, 0.3) is 5.91 Å². The average Bonchev–Trinajstić information content (AvgIpc) is 3.07. The van der Waals surface area contributed by atoms with Gasteiger partial charge in [-0.15, -0.1) is 13.2 Å². The lowest BCUT2D eigenvalue weighted by atomic mass is 9.80. The Morgan fingerprint density at radius 1 is 1.03 bits per heavy atom. The first-order chi connectivity index (χ1) is 16.7. The number of alkyl halides is 3. The van der Waals surface area contributed by atoms with Crippen LogP contribution in [0.1, 0.15) is 23.1 Å². The number of guanidine groups is 1. The molecule has 5 rings (SSSR count). The fourth-order valence-electron chi connectivity index (χ4n) is 4.57. The average molecular weight is 481 g/mol. The van der Waals surface area contributed by atoms with Gasteiger partial charge in [-0.2, -0.15) is 0 Å². The smallest absolute Gasteiger partial charge is 0.493 e. The van der Waals surface area contributed by atoms with Crippen LogP contribution < -0.4 is 15.2 Å². The molecule has 6 nitrogen and oxygen atoms in total. The van der Waals surface area contributed by atoms with Crippen LogP contribution in [0.3, 0.4) is 0 Å². The van der Waals surface area contributed by atoms with Crippen molar-refractivity contribution in [3.8, 4) is 22.6 Å². The van der Waals surface area contributed by atoms with Gasteiger partial charge in [0.2, 0.25) is 0 Å². The molecular weight excluding hydrogens is 459 g/mol. The first kappa shape index (κ1) is 22.8. The summed E-state index contributed by atoms with van der Waals surface area (Å²) in [6.45, 7) is 0.642. The van der Waals surface area contributed by atoms with Crippen molar-refractivity contribution >= 4 is 11.9 Å². The maximum absolute atomic E-state index is 13.6. The predicted molar refractivity (Wildman–Crippen MR) is 124 cm³/mol. The van der Waals surface area contributed by atoms with Gasteiger partial charge in [0.15, 0.2) is 11.5 Å². The van der Waals surface area contributed by atoms with E-state index in [-0.39, 0.29) is 17.6 Å². The second-order valence-electron chi connectivity index (χ2n) is 8.48. The Kier molecular flexibility index (Phi) is 5.42. The molecule has 1 unspecified atom stereocenters. The van der Waals surface area contributed by atoms with E-state index >= 15 is 0 Å². The van der Waals surface area contributed by atoms with Crippen LogP contribution in [0.25, 0.3) is 11.1 Å². The van der Waals surface area contributed by atoms with Gasteiger partial charge in [-0.25, -0.2) is 4.99 Å². The molecule has 2 aliphatic heterocycles. The summed E-state index contributed by atoms with van der Waals surface area (Å²) < 4.78 is 47.9. The normalized spacial score (nSPS) is 19.7. The molecule has 3 aromatic rings. The van der Waals surface area contributed by atoms with Gasteiger partial charge < -0.3 is 15.2 Å². The minimum atomic E-state index is -4.80. The lowest BCUT2D eigenvalue weighted by Crippen LogP contribution is -2.41. The van der Waals surface area contributed by atoms with Gasteiger partial charge in [0, 0.05) is 7.05 Å². The lowest BCUT2D eigenvalue weighted by molar-refractivity contribution is -0.274. The molecule has 9 heteroatoms. The summed E-state index contributed by atoms with van der Waals surface area (Å²) in [5.41, 5.74) is 7.94. The van der Waals surface area contributed by atoms with E-state index in [4.69, 9.17) is 10.5 Å². The summed E-state index contributed by atoms with van der Waals surface area (Å²) in [7, 11) is 1.56. The second-order valence-corrected chi connectivity index (χ2v) is 8.48. The van der Waals surface area contributed by atoms with Crippen molar-refractivity contribution in [1.29, 1.82) is 0 Å². The Hall–Kier alpha value is -4.01. The van der Waals surface area contributed by atoms with Crippen molar-refractivity contribution in [2.24, 2.45) is 10.7 Å². The number of hydrogen-bond acceptors (Lipinski definition) is 5. The summed E-state index contributed by atoms with van der Waals surface area (Å²) >= 11 is 0. The summed E-state index contributed by atoms with van der Waals surface area (Å²) in [5.74, 6) is 0.206. The number of aliphatic imine (C=N–C) groups is 1. The first-order valence-corrected chi connectivity index (χ1v) is 11.0. The van der Waals surface area contributed by atoms with Crippen LogP contribution in [-0.2, 0) is 16.8 Å². The number of likely N-dealkylation sites (N-methyl/N-ethyl adjacent to an activating group) is 1. The Morgan fingerprint density at radius 2 is 1.74 bits per heavy atom. The number of carbonyl (C=O) groups is 1. The predicted octanol–water partition coefficient (Wildman–Crippen LogP) is 4.61. The summed E-state index contributed by atoms with van der Waals surface area (Å²) in [6.07, 6.45) is -3.11. The molecule has 0 saturated heterocycles. The Labute approximate surface area is 199 Å². The molecule has 0 saturated carbocycles. The van der Waals surface area contributed by atoms with Crippen molar-refractivity contribution in [2.45, 2.75) is 24.7 Å². The van der Waals surface area contributed by atoms with Crippen LogP contribution >= 0.6 is 0 Å². The molecule has 0 bridgehead atoms. The molecule has 0 radical (unpaired) electrons. The van der Waals surface area contributed by atoms with Crippen LogP contribution in [0.15, 0.2) is 71.7 Å². The number of halogens is 3. The van der Waals surface area contributed by atoms with Crippen LogP contribution in [0, 0.1) is 0 Å². The minimum Gasteiger partial charge on any atom is -0.493 e. The Morgan fingerprint density at radius 3 is 2.46 bits per heavy atom. The monoisotopic (exact) mass is 481 g/mol. The molecule has 0 spiro atoms. The largest absolute Gasteiger partial charge is 0.573 e. The van der Waals surface area contributed by atoms with Crippen molar-refractivity contribution in [1.82, 2.24) is 4.90 Å². The highest BCUT2D eigenvalue weighted by Crippen LogP contribution is 2.42. The van der Waals surface area contributed by atoms with Crippen LogP contribution in [0.5, 0.6) is 11.5 Å². The number of nitrogens with two attached hydrogens (primary N) is 1. The zero-order chi connectivity index (χ0) is 24.8. The molecule has 180 valence electrons. The van der Waals surface area contributed by atoms with Gasteiger partial charge in [-0.1, -0.05) is 36.4 Å². The fourth-order valence-corrected chi connectivity index (χ4v) is 4.57. The number of nitrogens with zero attached hydrogens (tertiary/aromatic N) is 2. The fraction of sp³-hybridized carbons (Fsp3) is 0.231. The molecule has 0 aromatic heterocycles. The van der Waals surface area contributed by atoms with E-state index in [9.17, 15) is 18.0 Å². The Balaban J connectivity index is 1.63. The van der Waals surface area contributed by atoms with Gasteiger partial charge in [0.05, 0.1) is 6.61 Å². The molecule has 2 heterocycles. The maximum Gasteiger partial charge on any atom is 0.573 e. The molecule has 0 aliphatic carbocycles. The van der Waals surface area contributed by atoms with Gasteiger partial charge in [-0.3, -0.25) is 9.69 Å². The van der Waals surface area contributed by atoms with E-state index in [1.54, 1.807) is 37.4 Å². The number of hydrogen-bond donors (Lipinski definition) is 1. The minimum absolute atomic E-state index is 0.0787. The number of rotatable bonds is 4. The molecule has 1 atom stereocenters. The topological polar surface area (TPSA) is 77.2 Å². The van der Waals surface area contributed by atoms with E-state index in [0.29, 0.717) is 28.9 Å². The number of benzene rings is 3. The van der Waals surface area contributed by atoms with Crippen LogP contribution in [0.4, 0.5) is 13.2 Å². The molecule has 2 N–H and O–H groups in total. The number of ether oxygens (including phenoxy) is 2. The van der Waals surface area contributed by atoms with E-state index in [0.717, 1.165) is 24.2 Å². The summed E-state index contributed by atoms with van der Waals surface area (Å²) in [6, 6.07) is 18.3. The quantitative estimate of drug-likeness (QED) is 0.591. The molecule has 0 fully saturated rings. The molecular formula is C26H22F3N3O3. The SMILES string of the molecule is CN1C(=O)C(c2cccc(-c3cccc(OC(F)(F)F)c3)c2)(c2ccc3c(c2)CCCO3)N=C1N. The van der Waals surface area contributed by atoms with Gasteiger partial charge >= 0.3 is 6.36 Å². The third-order valence-electron chi connectivity index (χ3n) is 6.25. The number of amides is 1. The van der Waals surface area contributed by atoms with Crippen molar-refractivity contribution in [2.75, 3.05) is 13.7 Å². The standard InChI is InChI=1S/C26H22F3N3O3/c1-32-23(33)25(31-24(32)30,20-10-11-22-18(14-20)7-4-12-34-22)19-8-2-5-16(13-19)17-6-3-9-21(15-17)35-26(27,28)29/h2-3,5-6,8-11,13-15H,4,7,12H2,1H3,(H2,30,31). The zero-order valence-electron chi connectivity index (χ0n) is 18.8. The third-order valence-corrected chi connectivity index (χ3v) is 6.25. The highest BCUT2D eigenvalue weighted by atomic mass is 19.4. The molecule has 1 amide bonds. The van der Waals surface area contributed by atoms with Crippen LogP contribution in [-0.4, -0.2) is 36.8 Å². The lowest BCUT2D eigenvalue weighted by Gasteiger charge is -2.28. The van der Waals surface area contributed by atoms with Crippen LogP contribution in [0.2, 0.25) is 0 Å². The maximum atomic E-state index is 13.6. The highest BCUT2D eigenvalue weighted by Gasteiger charge is 2.49. The van der Waals surface area contributed by atoms with Crippen molar-refractivity contribution in [3.05, 3.63) is 83.4 Å². The third kappa shape index (κ3) is 4.07. The Bertz CT molecular complexity index is 1340. The van der Waals surface area contributed by atoms with E-state index < -0.39 is 11.9 Å². The number of fused-ring (bicyclic) bond motifs is 1. The van der Waals surface area contributed by atoms with Crippen molar-refractivity contribution < 1.29 is 27.4 Å². The molecule has 35 heavy (non-hydrogen) atoms. The van der Waals surface area contributed by atoms with Gasteiger partial charge in [0.1, 0.15) is 11.5 Å². The van der Waals surface area contributed by atoms with Crippen molar-refractivity contribution in [3.63, 3.8) is 0 Å². The summed E-state index contributed by atoms with van der Waals surface area (Å²) in [5, 5.41) is 0. The highest BCUT2D eigenvalue weighted by molar-refractivity contribution is 6.09. The molecule has 3 aromatic carbocycles. The van der Waals surface area contributed by atoms with Gasteiger partial charge in [-0.05, 0) is 71.0 Å². The number of carbonyl (C=O) groups excluding carboxylic acids is 1. The summed E-state index contributed by atoms with van der Waals surface area (Å²) in [4.78, 5) is 19.6. The number of aryl methyl sites for hydroxylation is 1. The second kappa shape index (κ2) is 8.33. The first-order valence-electron chi connectivity index (χ1n) is 11.0. The van der Waals surface area contributed by atoms with E-state index in [2.05, 4.69) is 9.73 Å². The van der Waals surface area contributed by atoms with E-state index in [1.165, 1.54) is 23.1 Å². The zero-order valence-corrected chi connectivity index (χ0v) is 18.8. The molecule has 2 aliphatic rings.